The fraction of sp³-hybridized carbons (Fsp3) is 0.0196. The minimum Gasteiger partial charge on any atom is -0.313 e. The number of benzene rings is 6. The Morgan fingerprint density at radius 2 is 1.04 bits per heavy atom. The Bertz CT molecular complexity index is 3080. The van der Waals surface area contributed by atoms with Crippen LogP contribution in [-0.2, 0) is 0 Å². The number of hydrogen-bond acceptors (Lipinski definition) is 4. The van der Waals surface area contributed by atoms with Crippen molar-refractivity contribution in [1.82, 2.24) is 29.1 Å². The van der Waals surface area contributed by atoms with E-state index in [4.69, 9.17) is 19.9 Å². The number of allylic oxidation sites excluding steroid dienone is 2. The monoisotopic (exact) mass is 732 g/mol. The molecular formula is C51H36N6. The molecule has 0 aliphatic rings. The molecule has 0 atom stereocenters. The molecule has 6 heteroatoms. The second-order valence-corrected chi connectivity index (χ2v) is 14.0. The fourth-order valence-corrected chi connectivity index (χ4v) is 7.89. The molecule has 10 rings (SSSR count). The van der Waals surface area contributed by atoms with Gasteiger partial charge >= 0.3 is 0 Å². The summed E-state index contributed by atoms with van der Waals surface area (Å²) >= 11 is 0. The molecule has 4 heterocycles. The molecule has 0 saturated heterocycles. The summed E-state index contributed by atoms with van der Waals surface area (Å²) in [6.45, 7) is 6.46. The van der Waals surface area contributed by atoms with Gasteiger partial charge in [-0.15, -0.1) is 0 Å². The molecule has 0 amide bonds. The van der Waals surface area contributed by atoms with Crippen molar-refractivity contribution in [3.63, 3.8) is 0 Å². The Hall–Kier alpha value is -7.70. The molecule has 0 N–H and O–H groups in total. The molecule has 0 spiro atoms. The minimum absolute atomic E-state index is 0.615. The third-order valence-corrected chi connectivity index (χ3v) is 10.6. The molecule has 6 nitrogen and oxygen atoms in total. The van der Waals surface area contributed by atoms with Crippen LogP contribution in [-0.4, -0.2) is 29.1 Å². The van der Waals surface area contributed by atoms with Crippen LogP contribution in [0.25, 0.3) is 90.0 Å². The van der Waals surface area contributed by atoms with Gasteiger partial charge in [0.25, 0.3) is 0 Å². The maximum Gasteiger partial charge on any atom is 0.164 e. The number of pyridine rings is 1. The van der Waals surface area contributed by atoms with Gasteiger partial charge in [0, 0.05) is 67.2 Å². The molecule has 0 aliphatic heterocycles. The van der Waals surface area contributed by atoms with E-state index >= 15 is 0 Å². The van der Waals surface area contributed by atoms with Crippen LogP contribution in [0.4, 0.5) is 0 Å². The Kier molecular flexibility index (Phi) is 8.42. The van der Waals surface area contributed by atoms with E-state index in [1.54, 1.807) is 0 Å². The molecule has 57 heavy (non-hydrogen) atoms. The number of rotatable bonds is 8. The SMILES string of the molecule is C=C/C(=C\c1c(C)n(-c2cccc(-c3nc(-c4ccccc4)nc(-c4ccccc4)n3)c2)c2ccccc12)c1cnc2c(c1)c1ccccc1n2-c1ccccc1. The molecule has 10 aromatic rings. The zero-order valence-electron chi connectivity index (χ0n) is 31.3. The summed E-state index contributed by atoms with van der Waals surface area (Å²) in [5, 5.41) is 3.40. The van der Waals surface area contributed by atoms with Gasteiger partial charge in [-0.1, -0.05) is 140 Å². The number of nitrogens with zero attached hydrogens (tertiary/aromatic N) is 6. The smallest absolute Gasteiger partial charge is 0.164 e. The maximum atomic E-state index is 5.08. The van der Waals surface area contributed by atoms with E-state index in [0.717, 1.165) is 83.3 Å². The predicted molar refractivity (Wildman–Crippen MR) is 234 cm³/mol. The molecule has 0 fully saturated rings. The Balaban J connectivity index is 1.10. The molecular weight excluding hydrogens is 697 g/mol. The van der Waals surface area contributed by atoms with Gasteiger partial charge in [-0.25, -0.2) is 19.9 Å². The summed E-state index contributed by atoms with van der Waals surface area (Å²) < 4.78 is 4.55. The average Bonchev–Trinajstić information content (AvgIpc) is 3.76. The van der Waals surface area contributed by atoms with Crippen LogP contribution in [0.2, 0.25) is 0 Å². The van der Waals surface area contributed by atoms with E-state index in [0.29, 0.717) is 17.5 Å². The third-order valence-electron chi connectivity index (χ3n) is 10.6. The Labute approximate surface area is 330 Å². The zero-order valence-corrected chi connectivity index (χ0v) is 31.3. The van der Waals surface area contributed by atoms with Gasteiger partial charge in [-0.2, -0.15) is 0 Å². The van der Waals surface area contributed by atoms with Crippen LogP contribution in [0.1, 0.15) is 16.8 Å². The first-order valence-electron chi connectivity index (χ1n) is 19.0. The summed E-state index contributed by atoms with van der Waals surface area (Å²) in [5.74, 6) is 1.88. The summed E-state index contributed by atoms with van der Waals surface area (Å²) in [5.41, 5.74) is 12.2. The van der Waals surface area contributed by atoms with Crippen LogP contribution in [0, 0.1) is 6.92 Å². The average molecular weight is 733 g/mol. The van der Waals surface area contributed by atoms with E-state index in [9.17, 15) is 0 Å². The highest BCUT2D eigenvalue weighted by molar-refractivity contribution is 6.09. The van der Waals surface area contributed by atoms with Crippen molar-refractivity contribution in [1.29, 1.82) is 0 Å². The van der Waals surface area contributed by atoms with Crippen molar-refractivity contribution in [2.45, 2.75) is 6.92 Å². The lowest BCUT2D eigenvalue weighted by atomic mass is 10.0. The first-order valence-corrected chi connectivity index (χ1v) is 19.0. The van der Waals surface area contributed by atoms with E-state index in [1.807, 2.05) is 79.0 Å². The first kappa shape index (κ1) is 33.8. The van der Waals surface area contributed by atoms with E-state index < -0.39 is 0 Å². The van der Waals surface area contributed by atoms with Gasteiger partial charge in [0.15, 0.2) is 17.5 Å². The predicted octanol–water partition coefficient (Wildman–Crippen LogP) is 12.3. The summed E-state index contributed by atoms with van der Waals surface area (Å²) in [7, 11) is 0. The van der Waals surface area contributed by atoms with E-state index in [-0.39, 0.29) is 0 Å². The lowest BCUT2D eigenvalue weighted by Crippen LogP contribution is -2.01. The van der Waals surface area contributed by atoms with Crippen LogP contribution >= 0.6 is 0 Å². The highest BCUT2D eigenvalue weighted by Crippen LogP contribution is 2.36. The van der Waals surface area contributed by atoms with Crippen molar-refractivity contribution in [2.75, 3.05) is 0 Å². The number of hydrogen-bond donors (Lipinski definition) is 0. The van der Waals surface area contributed by atoms with Crippen LogP contribution < -0.4 is 0 Å². The molecule has 0 bridgehead atoms. The van der Waals surface area contributed by atoms with Gasteiger partial charge in [0.2, 0.25) is 0 Å². The zero-order chi connectivity index (χ0) is 38.3. The van der Waals surface area contributed by atoms with Crippen LogP contribution in [0.5, 0.6) is 0 Å². The molecule has 6 aromatic carbocycles. The number of aromatic nitrogens is 6. The molecule has 0 unspecified atom stereocenters. The summed E-state index contributed by atoms with van der Waals surface area (Å²) in [6, 6.07) is 58.3. The van der Waals surface area contributed by atoms with Crippen molar-refractivity contribution in [2.24, 2.45) is 0 Å². The van der Waals surface area contributed by atoms with Crippen molar-refractivity contribution < 1.29 is 0 Å². The Morgan fingerprint density at radius 1 is 0.509 bits per heavy atom. The molecule has 0 radical (unpaired) electrons. The van der Waals surface area contributed by atoms with Gasteiger partial charge in [0.1, 0.15) is 5.65 Å². The van der Waals surface area contributed by atoms with Crippen LogP contribution in [0.3, 0.4) is 0 Å². The molecule has 0 aliphatic carbocycles. The van der Waals surface area contributed by atoms with Crippen molar-refractivity contribution in [3.05, 3.63) is 206 Å². The van der Waals surface area contributed by atoms with Crippen LogP contribution in [0.15, 0.2) is 189 Å². The van der Waals surface area contributed by atoms with Gasteiger partial charge in [-0.3, -0.25) is 4.57 Å². The van der Waals surface area contributed by atoms with E-state index in [2.05, 4.69) is 132 Å². The molecule has 270 valence electrons. The second kappa shape index (κ2) is 14.2. The largest absolute Gasteiger partial charge is 0.313 e. The molecule has 0 saturated carbocycles. The normalized spacial score (nSPS) is 11.8. The maximum absolute atomic E-state index is 5.08. The van der Waals surface area contributed by atoms with Gasteiger partial charge in [-0.05, 0) is 61.0 Å². The quantitative estimate of drug-likeness (QED) is 0.146. The van der Waals surface area contributed by atoms with Gasteiger partial charge in [0.05, 0.1) is 11.0 Å². The highest BCUT2D eigenvalue weighted by atomic mass is 15.1. The topological polar surface area (TPSA) is 61.4 Å². The standard InChI is InChI=1S/C51H36N6/c1-3-35(39-32-45-43-27-14-16-29-47(43)57(51(45)52-33-39)40-23-11-6-12-24-40)31-44-34(2)56(46-28-15-13-26-42(44)46)41-25-17-22-38(30-41)50-54-48(36-18-7-4-8-19-36)53-49(55-50)37-20-9-5-10-21-37/h3-33H,1H2,2H3/b35-31+. The lowest BCUT2D eigenvalue weighted by Gasteiger charge is -2.12. The van der Waals surface area contributed by atoms with Gasteiger partial charge < -0.3 is 4.57 Å². The summed E-state index contributed by atoms with van der Waals surface area (Å²) in [6.07, 6.45) is 6.14. The minimum atomic E-state index is 0.615. The Morgan fingerprint density at radius 3 is 1.68 bits per heavy atom. The highest BCUT2D eigenvalue weighted by Gasteiger charge is 2.19. The fourth-order valence-electron chi connectivity index (χ4n) is 7.89. The van der Waals surface area contributed by atoms with Crippen molar-refractivity contribution >= 4 is 44.5 Å². The first-order chi connectivity index (χ1) is 28.1. The lowest BCUT2D eigenvalue weighted by molar-refractivity contribution is 1.04. The summed E-state index contributed by atoms with van der Waals surface area (Å²) in [4.78, 5) is 20.0. The molecule has 4 aromatic heterocycles. The third kappa shape index (κ3) is 6.01. The second-order valence-electron chi connectivity index (χ2n) is 14.0. The number of fused-ring (bicyclic) bond motifs is 4. The van der Waals surface area contributed by atoms with E-state index in [1.165, 1.54) is 0 Å². The number of para-hydroxylation sites is 3. The van der Waals surface area contributed by atoms with Crippen molar-refractivity contribution in [3.8, 4) is 45.5 Å².